The molecule has 0 N–H and O–H groups in total. The summed E-state index contributed by atoms with van der Waals surface area (Å²) in [7, 11) is -2.09. The maximum absolute atomic E-state index is 13.6. The van der Waals surface area contributed by atoms with Crippen LogP contribution in [0.2, 0.25) is 0 Å². The topological polar surface area (TPSA) is 79.4 Å². The van der Waals surface area contributed by atoms with Crippen LogP contribution in [-0.4, -0.2) is 75.1 Å². The van der Waals surface area contributed by atoms with Crippen LogP contribution in [0.4, 0.5) is 4.79 Å². The Bertz CT molecular complexity index is 1110. The standard InChI is InChI=1S/C23H27N3O5S/c1-30-19-8-6-18(7-9-19)16-26-23(20-4-2-3-5-21(20)32(26,28)29)10-11-25(17-23)22(27)24-12-14-31-15-13-24/h2-9H,10-17H2,1H3. The molecule has 2 fully saturated rings. The summed E-state index contributed by atoms with van der Waals surface area (Å²) in [4.78, 5) is 17.1. The van der Waals surface area contributed by atoms with Gasteiger partial charge in [0.25, 0.3) is 0 Å². The number of benzene rings is 2. The molecule has 0 bridgehead atoms. The Kier molecular flexibility index (Phi) is 5.35. The molecule has 0 aromatic heterocycles. The summed E-state index contributed by atoms with van der Waals surface area (Å²) in [6, 6.07) is 14.6. The van der Waals surface area contributed by atoms with Crippen molar-refractivity contribution in [2.45, 2.75) is 23.4 Å². The number of urea groups is 1. The first-order valence-corrected chi connectivity index (χ1v) is 12.3. The van der Waals surface area contributed by atoms with Crippen LogP contribution in [-0.2, 0) is 26.8 Å². The highest BCUT2D eigenvalue weighted by Gasteiger charge is 2.57. The van der Waals surface area contributed by atoms with Gasteiger partial charge in [-0.05, 0) is 35.7 Å². The number of hydrogen-bond acceptors (Lipinski definition) is 5. The number of amides is 2. The second kappa shape index (κ2) is 8.06. The molecule has 1 atom stereocenters. The molecule has 8 nitrogen and oxygen atoms in total. The van der Waals surface area contributed by atoms with E-state index in [1.807, 2.05) is 36.4 Å². The number of carbonyl (C=O) groups excluding carboxylic acids is 1. The van der Waals surface area contributed by atoms with E-state index in [-0.39, 0.29) is 12.6 Å². The SMILES string of the molecule is COc1ccc(CN2C3(CCN(C(=O)N4CCOCC4)C3)c3ccccc3S2(=O)=O)cc1. The molecule has 2 amide bonds. The predicted octanol–water partition coefficient (Wildman–Crippen LogP) is 2.25. The molecule has 0 aliphatic carbocycles. The van der Waals surface area contributed by atoms with Crippen molar-refractivity contribution in [1.82, 2.24) is 14.1 Å². The summed E-state index contributed by atoms with van der Waals surface area (Å²) in [5.74, 6) is 0.721. The Morgan fingerprint density at radius 3 is 2.47 bits per heavy atom. The minimum atomic E-state index is -3.70. The number of nitrogens with zero attached hydrogens (tertiary/aromatic N) is 3. The maximum Gasteiger partial charge on any atom is 0.320 e. The number of hydrogen-bond donors (Lipinski definition) is 0. The molecular weight excluding hydrogens is 430 g/mol. The van der Waals surface area contributed by atoms with Crippen LogP contribution in [0, 0.1) is 0 Å². The number of morpholine rings is 1. The quantitative estimate of drug-likeness (QED) is 0.707. The first-order chi connectivity index (χ1) is 15.5. The van der Waals surface area contributed by atoms with E-state index in [0.717, 1.165) is 16.9 Å². The second-order valence-electron chi connectivity index (χ2n) is 8.44. The van der Waals surface area contributed by atoms with Crippen molar-refractivity contribution in [3.63, 3.8) is 0 Å². The van der Waals surface area contributed by atoms with Crippen LogP contribution < -0.4 is 4.74 Å². The Morgan fingerprint density at radius 2 is 1.75 bits per heavy atom. The zero-order valence-electron chi connectivity index (χ0n) is 18.1. The number of likely N-dealkylation sites (tertiary alicyclic amines) is 1. The lowest BCUT2D eigenvalue weighted by molar-refractivity contribution is 0.0439. The summed E-state index contributed by atoms with van der Waals surface area (Å²) in [5, 5.41) is 0. The van der Waals surface area contributed by atoms with Gasteiger partial charge >= 0.3 is 6.03 Å². The Morgan fingerprint density at radius 1 is 1.03 bits per heavy atom. The van der Waals surface area contributed by atoms with Crippen LogP contribution in [0.3, 0.4) is 0 Å². The zero-order chi connectivity index (χ0) is 22.3. The monoisotopic (exact) mass is 457 g/mol. The second-order valence-corrected chi connectivity index (χ2v) is 10.3. The molecule has 3 aliphatic heterocycles. The van der Waals surface area contributed by atoms with E-state index in [2.05, 4.69) is 0 Å². The zero-order valence-corrected chi connectivity index (χ0v) is 18.9. The first-order valence-electron chi connectivity index (χ1n) is 10.8. The number of ether oxygens (including phenoxy) is 2. The minimum Gasteiger partial charge on any atom is -0.497 e. The third kappa shape index (κ3) is 3.35. The molecule has 2 aromatic rings. The highest BCUT2D eigenvalue weighted by Crippen LogP contribution is 2.50. The van der Waals surface area contributed by atoms with Gasteiger partial charge in [0.05, 0.1) is 30.8 Å². The number of rotatable bonds is 3. The van der Waals surface area contributed by atoms with Gasteiger partial charge in [-0.2, -0.15) is 4.31 Å². The average Bonchev–Trinajstić information content (AvgIpc) is 3.35. The van der Waals surface area contributed by atoms with Gasteiger partial charge in [-0.15, -0.1) is 0 Å². The van der Waals surface area contributed by atoms with Crippen molar-refractivity contribution in [3.8, 4) is 5.75 Å². The molecule has 3 heterocycles. The largest absolute Gasteiger partial charge is 0.497 e. The Balaban J connectivity index is 1.49. The third-order valence-corrected chi connectivity index (χ3v) is 8.69. The fourth-order valence-electron chi connectivity index (χ4n) is 5.03. The third-order valence-electron chi connectivity index (χ3n) is 6.72. The molecule has 2 saturated heterocycles. The highest BCUT2D eigenvalue weighted by molar-refractivity contribution is 7.89. The summed E-state index contributed by atoms with van der Waals surface area (Å²) in [6.45, 7) is 3.28. The molecule has 0 saturated carbocycles. The molecule has 9 heteroatoms. The van der Waals surface area contributed by atoms with Gasteiger partial charge in [0.2, 0.25) is 10.0 Å². The van der Waals surface area contributed by atoms with E-state index in [1.165, 1.54) is 0 Å². The van der Waals surface area contributed by atoms with Gasteiger partial charge < -0.3 is 19.3 Å². The van der Waals surface area contributed by atoms with Gasteiger partial charge in [-0.1, -0.05) is 30.3 Å². The van der Waals surface area contributed by atoms with Gasteiger partial charge in [0.1, 0.15) is 5.75 Å². The van der Waals surface area contributed by atoms with Gasteiger partial charge in [-0.3, -0.25) is 0 Å². The molecule has 1 unspecified atom stereocenters. The number of sulfonamides is 1. The Hall–Kier alpha value is -2.62. The normalized spacial score (nSPS) is 24.7. The fraction of sp³-hybridized carbons (Fsp3) is 0.435. The maximum atomic E-state index is 13.6. The van der Waals surface area contributed by atoms with Crippen molar-refractivity contribution in [2.75, 3.05) is 46.5 Å². The van der Waals surface area contributed by atoms with Crippen molar-refractivity contribution >= 4 is 16.1 Å². The molecule has 2 aromatic carbocycles. The van der Waals surface area contributed by atoms with E-state index in [0.29, 0.717) is 50.7 Å². The number of methoxy groups -OCH3 is 1. The van der Waals surface area contributed by atoms with Crippen molar-refractivity contribution in [3.05, 3.63) is 59.7 Å². The van der Waals surface area contributed by atoms with Crippen LogP contribution in [0.1, 0.15) is 17.5 Å². The summed E-state index contributed by atoms with van der Waals surface area (Å²) < 4.78 is 39.4. The van der Waals surface area contributed by atoms with Crippen molar-refractivity contribution in [1.29, 1.82) is 0 Å². The van der Waals surface area contributed by atoms with Crippen LogP contribution >= 0.6 is 0 Å². The molecule has 32 heavy (non-hydrogen) atoms. The lowest BCUT2D eigenvalue weighted by atomic mass is 9.88. The van der Waals surface area contributed by atoms with Crippen molar-refractivity contribution in [2.24, 2.45) is 0 Å². The molecule has 170 valence electrons. The van der Waals surface area contributed by atoms with Gasteiger partial charge in [0.15, 0.2) is 0 Å². The highest BCUT2D eigenvalue weighted by atomic mass is 32.2. The summed E-state index contributed by atoms with van der Waals surface area (Å²) in [5.41, 5.74) is 0.891. The smallest absolute Gasteiger partial charge is 0.320 e. The fourth-order valence-corrected chi connectivity index (χ4v) is 7.08. The average molecular weight is 458 g/mol. The van der Waals surface area contributed by atoms with E-state index < -0.39 is 15.6 Å². The lowest BCUT2D eigenvalue weighted by Crippen LogP contribution is -2.50. The molecule has 0 radical (unpaired) electrons. The van der Waals surface area contributed by atoms with Crippen molar-refractivity contribution < 1.29 is 22.7 Å². The molecular formula is C23H27N3O5S. The van der Waals surface area contributed by atoms with E-state index in [1.54, 1.807) is 33.3 Å². The molecule has 3 aliphatic rings. The number of fused-ring (bicyclic) bond motifs is 2. The summed E-state index contributed by atoms with van der Waals surface area (Å²) >= 11 is 0. The molecule has 5 rings (SSSR count). The van der Waals surface area contributed by atoms with Crippen LogP contribution in [0.15, 0.2) is 53.4 Å². The van der Waals surface area contributed by atoms with Crippen LogP contribution in [0.25, 0.3) is 0 Å². The Labute approximate surface area is 188 Å². The van der Waals surface area contributed by atoms with E-state index in [9.17, 15) is 13.2 Å². The predicted molar refractivity (Wildman–Crippen MR) is 118 cm³/mol. The van der Waals surface area contributed by atoms with Crippen LogP contribution in [0.5, 0.6) is 5.75 Å². The number of carbonyl (C=O) groups is 1. The van der Waals surface area contributed by atoms with E-state index in [4.69, 9.17) is 9.47 Å². The van der Waals surface area contributed by atoms with Gasteiger partial charge in [-0.25, -0.2) is 13.2 Å². The summed E-state index contributed by atoms with van der Waals surface area (Å²) in [6.07, 6.45) is 0.565. The van der Waals surface area contributed by atoms with E-state index >= 15 is 0 Å². The van der Waals surface area contributed by atoms with Gasteiger partial charge in [0, 0.05) is 32.7 Å². The minimum absolute atomic E-state index is 0.0450. The lowest BCUT2D eigenvalue weighted by Gasteiger charge is -2.35. The first kappa shape index (κ1) is 21.2. The molecule has 1 spiro atoms.